The van der Waals surface area contributed by atoms with E-state index in [1.807, 2.05) is 61.5 Å². The lowest BCUT2D eigenvalue weighted by molar-refractivity contribution is -0.132. The van der Waals surface area contributed by atoms with Gasteiger partial charge in [0, 0.05) is 38.7 Å². The van der Waals surface area contributed by atoms with Crippen molar-refractivity contribution in [2.24, 2.45) is 0 Å². The summed E-state index contributed by atoms with van der Waals surface area (Å²) in [4.78, 5) is 38.2. The summed E-state index contributed by atoms with van der Waals surface area (Å²) in [7, 11) is 0. The summed E-state index contributed by atoms with van der Waals surface area (Å²) in [5.74, 6) is -0.218. The van der Waals surface area contributed by atoms with E-state index in [0.717, 1.165) is 29.8 Å². The number of hydrazine groups is 1. The molecule has 3 N–H and O–H groups in total. The highest BCUT2D eigenvalue weighted by atomic mass is 16.3. The van der Waals surface area contributed by atoms with Crippen LogP contribution in [0.5, 0.6) is 0 Å². The molecule has 0 saturated carbocycles. The molecule has 2 atom stereocenters. The molecule has 0 spiro atoms. The molecule has 1 aliphatic heterocycles. The van der Waals surface area contributed by atoms with Gasteiger partial charge in [-0.05, 0) is 43.0 Å². The third-order valence-electron chi connectivity index (χ3n) is 5.98. The Kier molecular flexibility index (Phi) is 9.18. The molecule has 1 aliphatic rings. The van der Waals surface area contributed by atoms with Gasteiger partial charge >= 0.3 is 0 Å². The lowest BCUT2D eigenvalue weighted by atomic mass is 10.0. The number of amides is 3. The molecular formula is C26H34N4O4. The molecule has 2 unspecified atom stereocenters. The van der Waals surface area contributed by atoms with E-state index in [4.69, 9.17) is 0 Å². The van der Waals surface area contributed by atoms with Gasteiger partial charge in [-0.1, -0.05) is 42.5 Å². The minimum absolute atomic E-state index is 0.128. The second-order valence-corrected chi connectivity index (χ2v) is 8.55. The zero-order valence-electron chi connectivity index (χ0n) is 19.9. The average molecular weight is 467 g/mol. The molecular weight excluding hydrogens is 432 g/mol. The van der Waals surface area contributed by atoms with E-state index in [-0.39, 0.29) is 30.7 Å². The number of carbonyl (C=O) groups is 3. The highest BCUT2D eigenvalue weighted by Gasteiger charge is 2.24. The summed E-state index contributed by atoms with van der Waals surface area (Å²) in [5.41, 5.74) is 5.61. The van der Waals surface area contributed by atoms with E-state index in [2.05, 4.69) is 10.7 Å². The molecule has 34 heavy (non-hydrogen) atoms. The average Bonchev–Trinajstić information content (AvgIpc) is 3.25. The predicted molar refractivity (Wildman–Crippen MR) is 131 cm³/mol. The molecule has 1 saturated heterocycles. The number of aliphatic hydroxyl groups is 1. The monoisotopic (exact) mass is 466 g/mol. The summed E-state index contributed by atoms with van der Waals surface area (Å²) in [6.45, 7) is 4.62. The maximum atomic E-state index is 12.8. The topological polar surface area (TPSA) is 102 Å². The van der Waals surface area contributed by atoms with Crippen molar-refractivity contribution in [3.05, 3.63) is 65.7 Å². The first-order valence-electron chi connectivity index (χ1n) is 11.8. The Labute approximate surface area is 200 Å². The SMILES string of the molecule is CCN(NCC(O)C(Cc1ccccc1)NC(=O)Cc1ccc(N2CCCC2=O)cc1)C(C)=O. The number of benzene rings is 2. The van der Waals surface area contributed by atoms with Gasteiger partial charge in [0.05, 0.1) is 18.6 Å². The molecule has 0 bridgehead atoms. The van der Waals surface area contributed by atoms with Crippen LogP contribution >= 0.6 is 0 Å². The second kappa shape index (κ2) is 12.3. The Morgan fingerprint density at radius 1 is 1.09 bits per heavy atom. The summed E-state index contributed by atoms with van der Waals surface area (Å²) < 4.78 is 0. The third kappa shape index (κ3) is 7.13. The first-order valence-corrected chi connectivity index (χ1v) is 11.8. The Balaban J connectivity index is 1.62. The first kappa shape index (κ1) is 25.4. The Bertz CT molecular complexity index is 965. The van der Waals surface area contributed by atoms with Gasteiger partial charge < -0.3 is 15.3 Å². The van der Waals surface area contributed by atoms with Gasteiger partial charge in [-0.3, -0.25) is 19.4 Å². The second-order valence-electron chi connectivity index (χ2n) is 8.55. The summed E-state index contributed by atoms with van der Waals surface area (Å²) in [6, 6.07) is 16.6. The fourth-order valence-electron chi connectivity index (χ4n) is 4.10. The molecule has 182 valence electrons. The van der Waals surface area contributed by atoms with Crippen LogP contribution in [-0.4, -0.2) is 59.6 Å². The van der Waals surface area contributed by atoms with Gasteiger partial charge in [0.25, 0.3) is 0 Å². The zero-order valence-corrected chi connectivity index (χ0v) is 19.9. The molecule has 1 fully saturated rings. The van der Waals surface area contributed by atoms with E-state index in [9.17, 15) is 19.5 Å². The van der Waals surface area contributed by atoms with Crippen molar-refractivity contribution in [3.8, 4) is 0 Å². The van der Waals surface area contributed by atoms with Gasteiger partial charge in [0.1, 0.15) is 0 Å². The van der Waals surface area contributed by atoms with E-state index in [0.29, 0.717) is 19.4 Å². The molecule has 0 aliphatic carbocycles. The van der Waals surface area contributed by atoms with Crippen LogP contribution in [0, 0.1) is 0 Å². The number of aliphatic hydroxyl groups excluding tert-OH is 1. The van der Waals surface area contributed by atoms with Crippen molar-refractivity contribution in [3.63, 3.8) is 0 Å². The molecule has 0 aromatic heterocycles. The lowest BCUT2D eigenvalue weighted by Crippen LogP contribution is -2.52. The van der Waals surface area contributed by atoms with Crippen LogP contribution in [0.3, 0.4) is 0 Å². The smallest absolute Gasteiger partial charge is 0.233 e. The van der Waals surface area contributed by atoms with Gasteiger partial charge in [-0.2, -0.15) is 0 Å². The van der Waals surface area contributed by atoms with Crippen LogP contribution < -0.4 is 15.6 Å². The Hall–Kier alpha value is -3.23. The summed E-state index contributed by atoms with van der Waals surface area (Å²) >= 11 is 0. The van der Waals surface area contributed by atoms with Crippen molar-refractivity contribution in [2.75, 3.05) is 24.5 Å². The number of nitrogens with one attached hydrogen (secondary N) is 2. The van der Waals surface area contributed by atoms with Gasteiger partial charge in [0.15, 0.2) is 0 Å². The molecule has 8 heteroatoms. The van der Waals surface area contributed by atoms with Crippen molar-refractivity contribution in [1.82, 2.24) is 15.8 Å². The van der Waals surface area contributed by atoms with Crippen LogP contribution in [0.4, 0.5) is 5.69 Å². The number of carbonyl (C=O) groups excluding carboxylic acids is 3. The van der Waals surface area contributed by atoms with Crippen LogP contribution in [-0.2, 0) is 27.2 Å². The van der Waals surface area contributed by atoms with Crippen molar-refractivity contribution >= 4 is 23.4 Å². The van der Waals surface area contributed by atoms with E-state index in [1.165, 1.54) is 11.9 Å². The number of nitrogens with zero attached hydrogens (tertiary/aromatic N) is 2. The van der Waals surface area contributed by atoms with Gasteiger partial charge in [-0.15, -0.1) is 0 Å². The molecule has 0 radical (unpaired) electrons. The fraction of sp³-hybridized carbons (Fsp3) is 0.423. The van der Waals surface area contributed by atoms with Crippen LogP contribution in [0.1, 0.15) is 37.8 Å². The largest absolute Gasteiger partial charge is 0.390 e. The Morgan fingerprint density at radius 3 is 2.38 bits per heavy atom. The predicted octanol–water partition coefficient (Wildman–Crippen LogP) is 1.82. The number of hydrogen-bond acceptors (Lipinski definition) is 5. The van der Waals surface area contributed by atoms with Crippen molar-refractivity contribution in [2.45, 2.75) is 51.7 Å². The standard InChI is InChI=1S/C26H34N4O4/c1-3-30(19(2)31)27-18-24(32)23(16-20-8-5-4-6-9-20)28-25(33)17-21-11-13-22(14-12-21)29-15-7-10-26(29)34/h4-6,8-9,11-14,23-24,27,32H,3,7,10,15-18H2,1-2H3,(H,28,33). The molecule has 8 nitrogen and oxygen atoms in total. The van der Waals surface area contributed by atoms with Gasteiger partial charge in [-0.25, -0.2) is 5.43 Å². The van der Waals surface area contributed by atoms with Crippen LogP contribution in [0.15, 0.2) is 54.6 Å². The van der Waals surface area contributed by atoms with Gasteiger partial charge in [0.2, 0.25) is 17.7 Å². The van der Waals surface area contributed by atoms with E-state index < -0.39 is 12.1 Å². The lowest BCUT2D eigenvalue weighted by Gasteiger charge is -2.28. The fourth-order valence-corrected chi connectivity index (χ4v) is 4.10. The quantitative estimate of drug-likeness (QED) is 0.439. The number of rotatable bonds is 11. The highest BCUT2D eigenvalue weighted by Crippen LogP contribution is 2.21. The van der Waals surface area contributed by atoms with E-state index in [1.54, 1.807) is 4.90 Å². The molecule has 3 rings (SSSR count). The highest BCUT2D eigenvalue weighted by molar-refractivity contribution is 5.95. The zero-order chi connectivity index (χ0) is 24.5. The maximum absolute atomic E-state index is 12.8. The number of anilines is 1. The summed E-state index contributed by atoms with van der Waals surface area (Å²) in [6.07, 6.45) is 1.16. The third-order valence-corrected chi connectivity index (χ3v) is 5.98. The minimum Gasteiger partial charge on any atom is -0.390 e. The van der Waals surface area contributed by atoms with Crippen molar-refractivity contribution in [1.29, 1.82) is 0 Å². The minimum atomic E-state index is -0.902. The molecule has 3 amide bonds. The number of hydrogen-bond donors (Lipinski definition) is 3. The molecule has 1 heterocycles. The van der Waals surface area contributed by atoms with Crippen molar-refractivity contribution < 1.29 is 19.5 Å². The van der Waals surface area contributed by atoms with Crippen LogP contribution in [0.2, 0.25) is 0 Å². The van der Waals surface area contributed by atoms with E-state index >= 15 is 0 Å². The van der Waals surface area contributed by atoms with Crippen LogP contribution in [0.25, 0.3) is 0 Å². The maximum Gasteiger partial charge on any atom is 0.233 e. The summed E-state index contributed by atoms with van der Waals surface area (Å²) in [5, 5.41) is 15.2. The molecule has 2 aromatic carbocycles. The Morgan fingerprint density at radius 2 is 1.79 bits per heavy atom. The first-order chi connectivity index (χ1) is 16.4. The molecule has 2 aromatic rings. The normalized spacial score (nSPS) is 15.1.